The molecule has 0 aliphatic carbocycles. The van der Waals surface area contributed by atoms with Crippen LogP contribution in [-0.2, 0) is 16.0 Å². The van der Waals surface area contributed by atoms with E-state index < -0.39 is 11.8 Å². The summed E-state index contributed by atoms with van der Waals surface area (Å²) in [6.07, 6.45) is 0.644. The second-order valence-electron chi connectivity index (χ2n) is 8.01. The molecule has 156 valence electrons. The lowest BCUT2D eigenvalue weighted by Gasteiger charge is -2.23. The average molecular weight is 451 g/mol. The van der Waals surface area contributed by atoms with Crippen LogP contribution in [-0.4, -0.2) is 17.9 Å². The SMILES string of the molecule is O=C1[C@@H]2[C@H](C(=O)N1c1ccccc1)[C@H](c1ccc(Cl)cc1Cl)N[C@@H]2Cc1ccccc1. The van der Waals surface area contributed by atoms with Gasteiger partial charge in [-0.1, -0.05) is 77.8 Å². The molecular formula is C25H20Cl2N2O2. The highest BCUT2D eigenvalue weighted by Gasteiger charge is 2.59. The summed E-state index contributed by atoms with van der Waals surface area (Å²) in [7, 11) is 0. The molecule has 5 rings (SSSR count). The quantitative estimate of drug-likeness (QED) is 0.565. The van der Waals surface area contributed by atoms with Gasteiger partial charge in [-0.15, -0.1) is 0 Å². The third-order valence-corrected chi connectivity index (χ3v) is 6.76. The second-order valence-corrected chi connectivity index (χ2v) is 8.85. The number of fused-ring (bicyclic) bond motifs is 1. The summed E-state index contributed by atoms with van der Waals surface area (Å²) < 4.78 is 0. The van der Waals surface area contributed by atoms with Crippen molar-refractivity contribution in [2.24, 2.45) is 11.8 Å². The van der Waals surface area contributed by atoms with Crippen molar-refractivity contribution in [1.29, 1.82) is 0 Å². The van der Waals surface area contributed by atoms with Gasteiger partial charge < -0.3 is 5.32 Å². The van der Waals surface area contributed by atoms with Gasteiger partial charge in [0.05, 0.1) is 17.5 Å². The molecule has 0 spiro atoms. The van der Waals surface area contributed by atoms with Gasteiger partial charge in [0.2, 0.25) is 11.8 Å². The Morgan fingerprint density at radius 3 is 2.13 bits per heavy atom. The molecule has 0 bridgehead atoms. The van der Waals surface area contributed by atoms with Gasteiger partial charge in [-0.05, 0) is 41.8 Å². The number of benzene rings is 3. The summed E-state index contributed by atoms with van der Waals surface area (Å²) >= 11 is 12.6. The van der Waals surface area contributed by atoms with Crippen LogP contribution in [0.4, 0.5) is 5.69 Å². The van der Waals surface area contributed by atoms with E-state index in [2.05, 4.69) is 5.32 Å². The van der Waals surface area contributed by atoms with E-state index in [0.717, 1.165) is 11.1 Å². The molecule has 4 nitrogen and oxygen atoms in total. The maximum atomic E-state index is 13.6. The first-order valence-corrected chi connectivity index (χ1v) is 11.0. The molecule has 6 heteroatoms. The van der Waals surface area contributed by atoms with Gasteiger partial charge in [0.25, 0.3) is 0 Å². The van der Waals surface area contributed by atoms with Crippen LogP contribution in [0.2, 0.25) is 10.0 Å². The summed E-state index contributed by atoms with van der Waals surface area (Å²) in [5.74, 6) is -1.35. The monoisotopic (exact) mass is 450 g/mol. The fourth-order valence-corrected chi connectivity index (χ4v) is 5.37. The summed E-state index contributed by atoms with van der Waals surface area (Å²) in [5, 5.41) is 4.57. The molecule has 0 unspecified atom stereocenters. The van der Waals surface area contributed by atoms with Crippen LogP contribution in [0.15, 0.2) is 78.9 Å². The maximum absolute atomic E-state index is 13.6. The number of carbonyl (C=O) groups excluding carboxylic acids is 2. The molecule has 0 saturated carbocycles. The Hall–Kier alpha value is -2.66. The Bertz CT molecular complexity index is 1140. The van der Waals surface area contributed by atoms with Gasteiger partial charge in [0.1, 0.15) is 0 Å². The first kappa shape index (κ1) is 20.3. The molecule has 1 N–H and O–H groups in total. The molecule has 2 fully saturated rings. The molecule has 31 heavy (non-hydrogen) atoms. The fourth-order valence-electron chi connectivity index (χ4n) is 4.85. The van der Waals surface area contributed by atoms with Crippen LogP contribution in [0.25, 0.3) is 0 Å². The third-order valence-electron chi connectivity index (χ3n) is 6.19. The molecule has 2 aliphatic heterocycles. The van der Waals surface area contributed by atoms with Crippen molar-refractivity contribution in [3.8, 4) is 0 Å². The summed E-state index contributed by atoms with van der Waals surface area (Å²) in [5.41, 5.74) is 2.50. The van der Waals surface area contributed by atoms with Crippen LogP contribution < -0.4 is 10.2 Å². The van der Waals surface area contributed by atoms with Crippen LogP contribution in [0.5, 0.6) is 0 Å². The van der Waals surface area contributed by atoms with E-state index in [1.807, 2.05) is 54.6 Å². The molecule has 0 aromatic heterocycles. The van der Waals surface area contributed by atoms with Gasteiger partial charge in [0.15, 0.2) is 0 Å². The maximum Gasteiger partial charge on any atom is 0.239 e. The van der Waals surface area contributed by atoms with Crippen molar-refractivity contribution in [2.75, 3.05) is 4.90 Å². The Morgan fingerprint density at radius 2 is 1.45 bits per heavy atom. The number of hydrogen-bond donors (Lipinski definition) is 1. The molecular weight excluding hydrogens is 431 g/mol. The molecule has 2 saturated heterocycles. The molecule has 3 aromatic carbocycles. The van der Waals surface area contributed by atoms with E-state index in [0.29, 0.717) is 22.2 Å². The zero-order valence-electron chi connectivity index (χ0n) is 16.5. The summed E-state index contributed by atoms with van der Waals surface area (Å²) in [6, 6.07) is 23.8. The molecule has 2 heterocycles. The molecule has 2 aliphatic rings. The van der Waals surface area contributed by atoms with Gasteiger partial charge >= 0.3 is 0 Å². The lowest BCUT2D eigenvalue weighted by atomic mass is 9.85. The lowest BCUT2D eigenvalue weighted by molar-refractivity contribution is -0.123. The number of nitrogens with zero attached hydrogens (tertiary/aromatic N) is 1. The minimum absolute atomic E-state index is 0.165. The topological polar surface area (TPSA) is 49.4 Å². The molecule has 0 radical (unpaired) electrons. The Morgan fingerprint density at radius 1 is 0.806 bits per heavy atom. The van der Waals surface area contributed by atoms with Crippen LogP contribution >= 0.6 is 23.2 Å². The number of nitrogens with one attached hydrogen (secondary N) is 1. The smallest absolute Gasteiger partial charge is 0.239 e. The van der Waals surface area contributed by atoms with Crippen molar-refractivity contribution in [3.63, 3.8) is 0 Å². The standard InChI is InChI=1S/C25H20Cl2N2O2/c26-16-11-12-18(19(27)14-16)23-22-21(20(28-23)13-15-7-3-1-4-8-15)24(30)29(25(22)31)17-9-5-2-6-10-17/h1-12,14,20-23,28H,13H2/t20-,21+,22+,23+/m1/s1. The number of imide groups is 1. The number of carbonyl (C=O) groups is 2. The highest BCUT2D eigenvalue weighted by atomic mass is 35.5. The van der Waals surface area contributed by atoms with Gasteiger partial charge in [0, 0.05) is 22.1 Å². The highest BCUT2D eigenvalue weighted by Crippen LogP contribution is 2.47. The Kier molecular flexibility index (Phi) is 5.30. The van der Waals surface area contributed by atoms with Crippen LogP contribution in [0.1, 0.15) is 17.2 Å². The highest BCUT2D eigenvalue weighted by molar-refractivity contribution is 6.35. The van der Waals surface area contributed by atoms with E-state index in [-0.39, 0.29) is 23.9 Å². The Balaban J connectivity index is 1.56. The lowest BCUT2D eigenvalue weighted by Crippen LogP contribution is -2.40. The first-order valence-electron chi connectivity index (χ1n) is 10.2. The summed E-state index contributed by atoms with van der Waals surface area (Å²) in [4.78, 5) is 28.4. The molecule has 2 amide bonds. The number of halogens is 2. The number of hydrogen-bond acceptors (Lipinski definition) is 3. The second kappa shape index (κ2) is 8.12. The van der Waals surface area contributed by atoms with E-state index in [4.69, 9.17) is 23.2 Å². The fraction of sp³-hybridized carbons (Fsp3) is 0.200. The van der Waals surface area contributed by atoms with Crippen molar-refractivity contribution >= 4 is 40.7 Å². The van der Waals surface area contributed by atoms with E-state index in [1.165, 1.54) is 4.90 Å². The average Bonchev–Trinajstić information content (AvgIpc) is 3.26. The van der Waals surface area contributed by atoms with Crippen molar-refractivity contribution in [3.05, 3.63) is 100 Å². The molecule has 4 atom stereocenters. The minimum atomic E-state index is -0.528. The van der Waals surface area contributed by atoms with Crippen molar-refractivity contribution < 1.29 is 9.59 Å². The number of rotatable bonds is 4. The Labute approximate surface area is 190 Å². The van der Waals surface area contributed by atoms with Crippen molar-refractivity contribution in [1.82, 2.24) is 5.32 Å². The molecule has 3 aromatic rings. The zero-order valence-corrected chi connectivity index (χ0v) is 18.1. The zero-order chi connectivity index (χ0) is 21.5. The third kappa shape index (κ3) is 3.55. The minimum Gasteiger partial charge on any atom is -0.305 e. The van der Waals surface area contributed by atoms with Crippen LogP contribution in [0.3, 0.4) is 0 Å². The predicted octanol–water partition coefficient (Wildman–Crippen LogP) is 5.05. The van der Waals surface area contributed by atoms with Gasteiger partial charge in [-0.3, -0.25) is 9.59 Å². The van der Waals surface area contributed by atoms with Crippen LogP contribution in [0, 0.1) is 11.8 Å². The van der Waals surface area contributed by atoms with Gasteiger partial charge in [-0.25, -0.2) is 4.90 Å². The van der Waals surface area contributed by atoms with Crippen molar-refractivity contribution in [2.45, 2.75) is 18.5 Å². The first-order chi connectivity index (χ1) is 15.0. The number of para-hydroxylation sites is 1. The van der Waals surface area contributed by atoms with E-state index in [1.54, 1.807) is 24.3 Å². The normalized spacial score (nSPS) is 25.2. The largest absolute Gasteiger partial charge is 0.305 e. The van der Waals surface area contributed by atoms with E-state index >= 15 is 0 Å². The number of amides is 2. The summed E-state index contributed by atoms with van der Waals surface area (Å²) in [6.45, 7) is 0. The number of anilines is 1. The predicted molar refractivity (Wildman–Crippen MR) is 122 cm³/mol. The van der Waals surface area contributed by atoms with Gasteiger partial charge in [-0.2, -0.15) is 0 Å². The van der Waals surface area contributed by atoms with E-state index in [9.17, 15) is 9.59 Å².